The Bertz CT molecular complexity index is 916. The molecule has 1 aliphatic heterocycles. The highest BCUT2D eigenvalue weighted by Gasteiger charge is 2.27. The third-order valence-corrected chi connectivity index (χ3v) is 6.85. The van der Waals surface area contributed by atoms with Crippen LogP contribution < -0.4 is 10.1 Å². The predicted molar refractivity (Wildman–Crippen MR) is 112 cm³/mol. The van der Waals surface area contributed by atoms with E-state index in [-0.39, 0.29) is 28.7 Å². The van der Waals surface area contributed by atoms with Crippen LogP contribution in [-0.4, -0.2) is 50.6 Å². The molecule has 10 heteroatoms. The van der Waals surface area contributed by atoms with Crippen LogP contribution in [0.5, 0.6) is 5.75 Å². The number of amides is 3. The monoisotopic (exact) mass is 458 g/mol. The largest absolute Gasteiger partial charge is 0.488 e. The lowest BCUT2D eigenvalue weighted by Gasteiger charge is -2.24. The number of benzene rings is 1. The minimum absolute atomic E-state index is 0.0397. The summed E-state index contributed by atoms with van der Waals surface area (Å²) in [7, 11) is -3.63. The Morgan fingerprint density at radius 1 is 1.29 bits per heavy atom. The van der Waals surface area contributed by atoms with Crippen LogP contribution in [0.25, 0.3) is 0 Å². The molecule has 2 rings (SSSR count). The number of allylic oxidation sites excluding steroid dienone is 1. The van der Waals surface area contributed by atoms with Gasteiger partial charge in [-0.1, -0.05) is 26.0 Å². The van der Waals surface area contributed by atoms with E-state index in [1.54, 1.807) is 6.20 Å². The number of urea groups is 1. The van der Waals surface area contributed by atoms with Gasteiger partial charge in [-0.15, -0.1) is 0 Å². The molecule has 0 aromatic heterocycles. The third kappa shape index (κ3) is 8.28. The molecule has 1 saturated heterocycles. The molecule has 1 aromatic rings. The van der Waals surface area contributed by atoms with Gasteiger partial charge in [0.25, 0.3) is 6.43 Å². The van der Waals surface area contributed by atoms with E-state index in [4.69, 9.17) is 4.74 Å². The average molecular weight is 459 g/mol. The lowest BCUT2D eigenvalue weighted by Crippen LogP contribution is -2.46. The molecule has 7 nitrogen and oxygen atoms in total. The van der Waals surface area contributed by atoms with Crippen molar-refractivity contribution in [3.05, 3.63) is 36.5 Å². The van der Waals surface area contributed by atoms with Gasteiger partial charge in [0.05, 0.1) is 10.6 Å². The molecule has 0 saturated carbocycles. The second kappa shape index (κ2) is 10.7. The van der Waals surface area contributed by atoms with E-state index in [1.807, 2.05) is 19.9 Å². The van der Waals surface area contributed by atoms with Crippen LogP contribution in [0.1, 0.15) is 39.5 Å². The fourth-order valence-corrected chi connectivity index (χ4v) is 5.13. The van der Waals surface area contributed by atoms with Gasteiger partial charge in [-0.25, -0.2) is 22.0 Å². The summed E-state index contributed by atoms with van der Waals surface area (Å²) in [5.74, 6) is -0.296. The van der Waals surface area contributed by atoms with Crippen molar-refractivity contribution in [2.75, 3.05) is 18.9 Å². The van der Waals surface area contributed by atoms with Crippen LogP contribution in [0.4, 0.5) is 13.6 Å². The lowest BCUT2D eigenvalue weighted by atomic mass is 9.89. The van der Waals surface area contributed by atoms with E-state index in [0.29, 0.717) is 25.8 Å². The quantitative estimate of drug-likeness (QED) is 0.510. The molecule has 1 aromatic carbocycles. The molecule has 0 bridgehead atoms. The number of hydrogen-bond acceptors (Lipinski definition) is 5. The molecule has 31 heavy (non-hydrogen) atoms. The number of hydrogen-bond donors (Lipinski definition) is 1. The number of unbranched alkanes of at least 4 members (excludes halogenated alkanes) is 1. The molecule has 3 amide bonds. The Balaban J connectivity index is 1.86. The topological polar surface area (TPSA) is 92.8 Å². The van der Waals surface area contributed by atoms with Crippen LogP contribution in [0.15, 0.2) is 41.4 Å². The number of rotatable bonds is 11. The van der Waals surface area contributed by atoms with Gasteiger partial charge in [0.2, 0.25) is 5.91 Å². The molecule has 172 valence electrons. The summed E-state index contributed by atoms with van der Waals surface area (Å²) in [6, 6.07) is 5.16. The van der Waals surface area contributed by atoms with Crippen molar-refractivity contribution in [3.63, 3.8) is 0 Å². The van der Waals surface area contributed by atoms with Gasteiger partial charge < -0.3 is 9.64 Å². The fourth-order valence-electron chi connectivity index (χ4n) is 3.21. The van der Waals surface area contributed by atoms with Crippen LogP contribution in [0.2, 0.25) is 0 Å². The number of sulfone groups is 1. The van der Waals surface area contributed by atoms with Crippen LogP contribution in [0, 0.1) is 5.41 Å². The first-order chi connectivity index (χ1) is 14.5. The summed E-state index contributed by atoms with van der Waals surface area (Å²) in [6.45, 7) is 3.26. The van der Waals surface area contributed by atoms with Gasteiger partial charge in [-0.05, 0) is 42.9 Å². The number of halogens is 2. The zero-order valence-corrected chi connectivity index (χ0v) is 18.5. The van der Waals surface area contributed by atoms with E-state index in [1.165, 1.54) is 29.2 Å². The first-order valence-corrected chi connectivity index (χ1v) is 11.6. The van der Waals surface area contributed by atoms with Crippen molar-refractivity contribution in [3.8, 4) is 5.75 Å². The fraction of sp³-hybridized carbons (Fsp3) is 0.524. The summed E-state index contributed by atoms with van der Waals surface area (Å²) in [6.07, 6.45) is 3.07. The van der Waals surface area contributed by atoms with Crippen molar-refractivity contribution in [2.45, 2.75) is 50.9 Å². The van der Waals surface area contributed by atoms with Crippen molar-refractivity contribution in [2.24, 2.45) is 5.41 Å². The summed E-state index contributed by atoms with van der Waals surface area (Å²) in [5.41, 5.74) is -0.512. The summed E-state index contributed by atoms with van der Waals surface area (Å²) in [4.78, 5) is 24.2. The summed E-state index contributed by atoms with van der Waals surface area (Å²) < 4.78 is 55.1. The molecule has 1 N–H and O–H groups in total. The Morgan fingerprint density at radius 2 is 2.03 bits per heavy atom. The number of imide groups is 1. The minimum Gasteiger partial charge on any atom is -0.488 e. The number of nitrogens with zero attached hydrogens (tertiary/aromatic N) is 1. The Kier molecular flexibility index (Phi) is 8.55. The van der Waals surface area contributed by atoms with E-state index >= 15 is 0 Å². The van der Waals surface area contributed by atoms with Crippen molar-refractivity contribution in [1.29, 1.82) is 0 Å². The number of alkyl halides is 2. The number of carbonyl (C=O) groups excluding carboxylic acids is 2. The molecule has 0 aliphatic carbocycles. The number of carbonyl (C=O) groups is 2. The molecular formula is C21H28F2N2O5S. The van der Waals surface area contributed by atoms with Crippen molar-refractivity contribution >= 4 is 21.8 Å². The van der Waals surface area contributed by atoms with E-state index < -0.39 is 34.3 Å². The molecule has 0 spiro atoms. The van der Waals surface area contributed by atoms with Crippen LogP contribution in [0.3, 0.4) is 0 Å². The first-order valence-electron chi connectivity index (χ1n) is 9.99. The minimum atomic E-state index is -3.63. The van der Waals surface area contributed by atoms with Crippen LogP contribution >= 0.6 is 0 Å². The van der Waals surface area contributed by atoms with Gasteiger partial charge in [-0.3, -0.25) is 10.1 Å². The molecule has 0 unspecified atom stereocenters. The standard InChI is InChI=1S/C21H28F2N2O5S/c1-21(2,10-4-3-5-11-25-12-9-19(26)24-20(25)27)15-31(28,29)17-8-6-7-16(13-17)30-14-18(22)23/h5-8,11,13,18H,3-4,9-10,12,14-15H2,1-2H3,(H,24,26,27)/b11-5+. The summed E-state index contributed by atoms with van der Waals surface area (Å²) >= 11 is 0. The van der Waals surface area contributed by atoms with Gasteiger partial charge in [0.15, 0.2) is 9.84 Å². The molecule has 0 radical (unpaired) electrons. The average Bonchev–Trinajstić information content (AvgIpc) is 2.67. The predicted octanol–water partition coefficient (Wildman–Crippen LogP) is 3.76. The molecule has 1 heterocycles. The second-order valence-corrected chi connectivity index (χ2v) is 10.2. The van der Waals surface area contributed by atoms with Gasteiger partial charge in [0, 0.05) is 19.2 Å². The van der Waals surface area contributed by atoms with E-state index in [9.17, 15) is 26.8 Å². The SMILES string of the molecule is CC(C)(CCC/C=C/N1CCC(=O)NC1=O)CS(=O)(=O)c1cccc(OCC(F)F)c1. The molecular weight excluding hydrogens is 430 g/mol. The van der Waals surface area contributed by atoms with Gasteiger partial charge >= 0.3 is 6.03 Å². The Morgan fingerprint density at radius 3 is 2.71 bits per heavy atom. The van der Waals surface area contributed by atoms with Crippen LogP contribution in [-0.2, 0) is 14.6 Å². The Hall–Kier alpha value is -2.49. The van der Waals surface area contributed by atoms with Crippen molar-refractivity contribution in [1.82, 2.24) is 10.2 Å². The maximum atomic E-state index is 12.8. The highest BCUT2D eigenvalue weighted by atomic mass is 32.2. The van der Waals surface area contributed by atoms with Crippen molar-refractivity contribution < 1.29 is 31.5 Å². The second-order valence-electron chi connectivity index (χ2n) is 8.17. The zero-order chi connectivity index (χ0) is 23.1. The highest BCUT2D eigenvalue weighted by Crippen LogP contribution is 2.29. The smallest absolute Gasteiger partial charge is 0.328 e. The molecule has 1 fully saturated rings. The van der Waals surface area contributed by atoms with E-state index in [2.05, 4.69) is 5.32 Å². The maximum absolute atomic E-state index is 12.8. The lowest BCUT2D eigenvalue weighted by molar-refractivity contribution is -0.121. The van der Waals surface area contributed by atoms with Gasteiger partial charge in [0.1, 0.15) is 12.4 Å². The number of ether oxygens (including phenoxy) is 1. The molecule has 0 atom stereocenters. The van der Waals surface area contributed by atoms with Gasteiger partial charge in [-0.2, -0.15) is 0 Å². The maximum Gasteiger partial charge on any atom is 0.328 e. The van der Waals surface area contributed by atoms with E-state index in [0.717, 1.165) is 0 Å². The first kappa shape index (κ1) is 24.8. The third-order valence-electron chi connectivity index (χ3n) is 4.72. The normalized spacial score (nSPS) is 15.6. The zero-order valence-electron chi connectivity index (χ0n) is 17.6. The number of nitrogens with one attached hydrogen (secondary N) is 1. The highest BCUT2D eigenvalue weighted by molar-refractivity contribution is 7.91. The Labute approximate surface area is 181 Å². The molecule has 1 aliphatic rings. The summed E-state index contributed by atoms with van der Waals surface area (Å²) in [5, 5.41) is 2.24.